The van der Waals surface area contributed by atoms with E-state index in [1.807, 2.05) is 17.0 Å². The van der Waals surface area contributed by atoms with Crippen LogP contribution in [-0.4, -0.2) is 71.9 Å². The quantitative estimate of drug-likeness (QED) is 0.452. The minimum Gasteiger partial charge on any atom is -0.466 e. The van der Waals surface area contributed by atoms with Gasteiger partial charge in [-0.25, -0.2) is 4.98 Å². The summed E-state index contributed by atoms with van der Waals surface area (Å²) in [6.07, 6.45) is 0.0764. The number of nitrogens with zero attached hydrogens (tertiary/aromatic N) is 3. The lowest BCUT2D eigenvalue weighted by Crippen LogP contribution is -2.50. The largest absolute Gasteiger partial charge is 0.466 e. The highest BCUT2D eigenvalue weighted by Crippen LogP contribution is 2.37. The van der Waals surface area contributed by atoms with Crippen LogP contribution >= 0.6 is 45.9 Å². The number of aromatic nitrogens is 1. The fourth-order valence-corrected chi connectivity index (χ4v) is 6.08. The Labute approximate surface area is 214 Å². The van der Waals surface area contributed by atoms with E-state index in [0.29, 0.717) is 58.5 Å². The summed E-state index contributed by atoms with van der Waals surface area (Å²) >= 11 is 15.1. The molecule has 0 bridgehead atoms. The molecule has 4 rings (SSSR count). The fraction of sp³-hybridized carbons (Fsp3) is 0.364. The third-order valence-corrected chi connectivity index (χ3v) is 7.93. The summed E-state index contributed by atoms with van der Waals surface area (Å²) in [5.41, 5.74) is 0.563. The van der Waals surface area contributed by atoms with Gasteiger partial charge in [-0.1, -0.05) is 29.3 Å². The Hall–Kier alpha value is -2.24. The van der Waals surface area contributed by atoms with Crippen molar-refractivity contribution < 1.29 is 19.1 Å². The highest BCUT2D eigenvalue weighted by Gasteiger charge is 2.27. The molecule has 3 heterocycles. The molecule has 12 heteroatoms. The topological polar surface area (TPSA) is 91.8 Å². The first-order valence-electron chi connectivity index (χ1n) is 10.6. The van der Waals surface area contributed by atoms with Crippen LogP contribution in [0.5, 0.6) is 0 Å². The monoisotopic (exact) mass is 540 g/mol. The number of carbonyl (C=O) groups excluding carboxylic acids is 3. The lowest BCUT2D eigenvalue weighted by Gasteiger charge is -2.34. The number of piperazine rings is 1. The van der Waals surface area contributed by atoms with Crippen molar-refractivity contribution in [3.05, 3.63) is 44.2 Å². The van der Waals surface area contributed by atoms with Gasteiger partial charge in [-0.3, -0.25) is 19.3 Å². The third kappa shape index (κ3) is 5.87. The molecule has 0 unspecified atom stereocenters. The van der Waals surface area contributed by atoms with E-state index in [4.69, 9.17) is 27.9 Å². The van der Waals surface area contributed by atoms with Crippen molar-refractivity contribution in [3.8, 4) is 0 Å². The number of halogens is 2. The molecule has 1 aromatic carbocycles. The molecule has 8 nitrogen and oxygen atoms in total. The number of rotatable bonds is 7. The van der Waals surface area contributed by atoms with E-state index in [2.05, 4.69) is 10.3 Å². The second-order valence-electron chi connectivity index (χ2n) is 7.63. The van der Waals surface area contributed by atoms with Crippen molar-refractivity contribution >= 4 is 78.9 Å². The van der Waals surface area contributed by atoms with Gasteiger partial charge >= 0.3 is 5.97 Å². The molecule has 0 radical (unpaired) electrons. The highest BCUT2D eigenvalue weighted by atomic mass is 35.5. The molecular formula is C22H22Cl2N4O4S2. The Morgan fingerprint density at radius 2 is 1.94 bits per heavy atom. The average molecular weight is 541 g/mol. The smallest absolute Gasteiger partial charge is 0.311 e. The van der Waals surface area contributed by atoms with Crippen molar-refractivity contribution in [1.29, 1.82) is 0 Å². The number of fused-ring (bicyclic) bond motifs is 1. The first-order chi connectivity index (χ1) is 16.3. The van der Waals surface area contributed by atoms with E-state index >= 15 is 0 Å². The molecule has 180 valence electrons. The van der Waals surface area contributed by atoms with Crippen LogP contribution in [0.25, 0.3) is 10.1 Å². The summed E-state index contributed by atoms with van der Waals surface area (Å²) in [6, 6.07) is 5.39. The van der Waals surface area contributed by atoms with Crippen molar-refractivity contribution in [2.75, 3.05) is 44.6 Å². The number of hydrogen-bond acceptors (Lipinski definition) is 8. The molecule has 1 aliphatic heterocycles. The van der Waals surface area contributed by atoms with Gasteiger partial charge in [0.2, 0.25) is 5.91 Å². The van der Waals surface area contributed by atoms with E-state index in [0.717, 1.165) is 10.1 Å². The Morgan fingerprint density at radius 3 is 2.68 bits per heavy atom. The second kappa shape index (κ2) is 11.0. The highest BCUT2D eigenvalue weighted by molar-refractivity contribution is 7.21. The molecule has 2 amide bonds. The Morgan fingerprint density at radius 1 is 1.18 bits per heavy atom. The van der Waals surface area contributed by atoms with Crippen LogP contribution in [0.1, 0.15) is 22.3 Å². The molecule has 3 aromatic rings. The van der Waals surface area contributed by atoms with E-state index in [1.165, 1.54) is 22.7 Å². The van der Waals surface area contributed by atoms with Crippen LogP contribution in [0, 0.1) is 0 Å². The minimum absolute atomic E-state index is 0.0764. The van der Waals surface area contributed by atoms with Crippen LogP contribution < -0.4 is 5.32 Å². The number of amides is 2. The van der Waals surface area contributed by atoms with E-state index in [1.54, 1.807) is 23.3 Å². The summed E-state index contributed by atoms with van der Waals surface area (Å²) in [7, 11) is 0. The average Bonchev–Trinajstić information content (AvgIpc) is 3.37. The summed E-state index contributed by atoms with van der Waals surface area (Å²) in [6.45, 7) is 4.39. The fourth-order valence-electron chi connectivity index (χ4n) is 3.60. The Balaban J connectivity index is 1.27. The zero-order valence-electron chi connectivity index (χ0n) is 18.3. The molecule has 1 aliphatic rings. The molecule has 0 atom stereocenters. The molecule has 34 heavy (non-hydrogen) atoms. The molecule has 0 saturated carbocycles. The molecule has 1 fully saturated rings. The molecule has 0 spiro atoms. The van der Waals surface area contributed by atoms with Crippen LogP contribution in [0.15, 0.2) is 23.6 Å². The van der Waals surface area contributed by atoms with Crippen molar-refractivity contribution in [3.63, 3.8) is 0 Å². The third-order valence-electron chi connectivity index (χ3n) is 5.24. The molecule has 2 aromatic heterocycles. The van der Waals surface area contributed by atoms with Gasteiger partial charge in [0.05, 0.1) is 30.3 Å². The predicted molar refractivity (Wildman–Crippen MR) is 135 cm³/mol. The number of ether oxygens (including phenoxy) is 1. The number of thiophene rings is 1. The van der Waals surface area contributed by atoms with E-state index in [9.17, 15) is 14.4 Å². The van der Waals surface area contributed by atoms with Crippen LogP contribution in [0.3, 0.4) is 0 Å². The van der Waals surface area contributed by atoms with Crippen LogP contribution in [0.2, 0.25) is 10.0 Å². The first kappa shape index (κ1) is 24.9. The maximum absolute atomic E-state index is 13.0. The van der Waals surface area contributed by atoms with Gasteiger partial charge in [0.25, 0.3) is 5.91 Å². The number of thiazole rings is 1. The molecule has 0 aliphatic carbocycles. The number of hydrogen-bond donors (Lipinski definition) is 1. The van der Waals surface area contributed by atoms with Crippen LogP contribution in [0.4, 0.5) is 5.13 Å². The van der Waals surface area contributed by atoms with Gasteiger partial charge in [-0.05, 0) is 19.1 Å². The van der Waals surface area contributed by atoms with Crippen molar-refractivity contribution in [2.24, 2.45) is 0 Å². The van der Waals surface area contributed by atoms with E-state index < -0.39 is 0 Å². The van der Waals surface area contributed by atoms with Crippen LogP contribution in [-0.2, 0) is 20.7 Å². The Bertz CT molecular complexity index is 1220. The summed E-state index contributed by atoms with van der Waals surface area (Å²) < 4.78 is 5.79. The summed E-state index contributed by atoms with van der Waals surface area (Å²) in [5.74, 6) is -0.650. The lowest BCUT2D eigenvalue weighted by molar-refractivity contribution is -0.142. The van der Waals surface area contributed by atoms with Gasteiger partial charge in [0.15, 0.2) is 5.13 Å². The summed E-state index contributed by atoms with van der Waals surface area (Å²) in [4.78, 5) is 45.6. The van der Waals surface area contributed by atoms with Gasteiger partial charge in [0.1, 0.15) is 4.88 Å². The number of benzene rings is 1. The minimum atomic E-state index is -0.348. The second-order valence-corrected chi connectivity index (χ2v) is 10.4. The standard InChI is InChI=1S/C22H22Cl2N4O4S2/c1-2-32-18(30)10-14-12-33-22(25-14)26-17(29)11-27-5-7-28(8-6-27)21(31)20-19(24)15-4-3-13(23)9-16(15)34-20/h3-4,9,12H,2,5-8,10-11H2,1H3,(H,25,26,29). The number of anilines is 1. The number of esters is 1. The zero-order valence-corrected chi connectivity index (χ0v) is 21.5. The Kier molecular flexibility index (Phi) is 8.05. The van der Waals surface area contributed by atoms with Gasteiger partial charge in [0, 0.05) is 46.7 Å². The maximum Gasteiger partial charge on any atom is 0.311 e. The number of carbonyl (C=O) groups is 3. The maximum atomic E-state index is 13.0. The first-order valence-corrected chi connectivity index (χ1v) is 13.1. The molecular weight excluding hydrogens is 519 g/mol. The van der Waals surface area contributed by atoms with Crippen molar-refractivity contribution in [2.45, 2.75) is 13.3 Å². The van der Waals surface area contributed by atoms with Gasteiger partial charge < -0.3 is 15.0 Å². The van der Waals surface area contributed by atoms with Crippen molar-refractivity contribution in [1.82, 2.24) is 14.8 Å². The normalized spacial score (nSPS) is 14.4. The van der Waals surface area contributed by atoms with Gasteiger partial charge in [-0.2, -0.15) is 0 Å². The number of nitrogens with one attached hydrogen (secondary N) is 1. The predicted octanol–water partition coefficient (Wildman–Crippen LogP) is 4.17. The molecule has 1 saturated heterocycles. The van der Waals surface area contributed by atoms with E-state index in [-0.39, 0.29) is 30.7 Å². The SMILES string of the molecule is CCOC(=O)Cc1csc(NC(=O)CN2CCN(C(=O)c3sc4cc(Cl)ccc4c3Cl)CC2)n1. The lowest BCUT2D eigenvalue weighted by atomic mass is 10.2. The zero-order chi connectivity index (χ0) is 24.2. The molecule has 1 N–H and O–H groups in total. The summed E-state index contributed by atoms with van der Waals surface area (Å²) in [5, 5.41) is 6.81. The van der Waals surface area contributed by atoms with Gasteiger partial charge in [-0.15, -0.1) is 22.7 Å².